The Labute approximate surface area is 152 Å². The van der Waals surface area contributed by atoms with Gasteiger partial charge in [0, 0.05) is 64.5 Å². The summed E-state index contributed by atoms with van der Waals surface area (Å²) in [7, 11) is 0. The number of hydrogen-bond acceptors (Lipinski definition) is 5. The fraction of sp³-hybridized carbons (Fsp3) is 0.556. The van der Waals surface area contributed by atoms with Gasteiger partial charge in [0.1, 0.15) is 5.82 Å². The standard InChI is InChI=1S/C18H24N6O2/c1-14(25)21-7-4-15(5-8-21)18(26)23-12-10-22(11-13-23)17-3-2-16-19-6-9-24(16)20-17/h2-3,6,9,15H,4-5,7-8,10-13H2,1H3. The van der Waals surface area contributed by atoms with Gasteiger partial charge in [0.2, 0.25) is 11.8 Å². The van der Waals surface area contributed by atoms with Crippen molar-refractivity contribution in [3.05, 3.63) is 24.5 Å². The van der Waals surface area contributed by atoms with Crippen LogP contribution >= 0.6 is 0 Å². The quantitative estimate of drug-likeness (QED) is 0.789. The SMILES string of the molecule is CC(=O)N1CCC(C(=O)N2CCN(c3ccc4nccn4n3)CC2)CC1. The molecular formula is C18H24N6O2. The lowest BCUT2D eigenvalue weighted by Gasteiger charge is -2.38. The fourth-order valence-corrected chi connectivity index (χ4v) is 3.83. The van der Waals surface area contributed by atoms with Crippen molar-refractivity contribution in [1.29, 1.82) is 0 Å². The molecule has 4 rings (SSSR count). The minimum absolute atomic E-state index is 0.0533. The monoisotopic (exact) mass is 356 g/mol. The van der Waals surface area contributed by atoms with Crippen molar-refractivity contribution < 1.29 is 9.59 Å². The highest BCUT2D eigenvalue weighted by atomic mass is 16.2. The van der Waals surface area contributed by atoms with E-state index in [1.807, 2.05) is 28.1 Å². The third kappa shape index (κ3) is 3.23. The molecule has 0 aromatic carbocycles. The van der Waals surface area contributed by atoms with Crippen LogP contribution in [0.5, 0.6) is 0 Å². The number of piperazine rings is 1. The first-order chi connectivity index (χ1) is 12.6. The Hall–Kier alpha value is -2.64. The average Bonchev–Trinajstić information content (AvgIpc) is 3.15. The van der Waals surface area contributed by atoms with E-state index in [1.165, 1.54) is 0 Å². The molecule has 8 heteroatoms. The van der Waals surface area contributed by atoms with Crippen molar-refractivity contribution in [2.75, 3.05) is 44.2 Å². The van der Waals surface area contributed by atoms with E-state index in [9.17, 15) is 9.59 Å². The third-order valence-corrected chi connectivity index (χ3v) is 5.45. The molecule has 0 aliphatic carbocycles. The number of anilines is 1. The maximum atomic E-state index is 12.8. The number of aromatic nitrogens is 3. The Balaban J connectivity index is 1.33. The number of piperidine rings is 1. The van der Waals surface area contributed by atoms with Gasteiger partial charge in [0.05, 0.1) is 0 Å². The molecule has 2 aliphatic rings. The molecule has 26 heavy (non-hydrogen) atoms. The molecule has 2 amide bonds. The Kier molecular flexibility index (Phi) is 4.48. The zero-order chi connectivity index (χ0) is 18.1. The number of carbonyl (C=O) groups excluding carboxylic acids is 2. The van der Waals surface area contributed by atoms with Crippen LogP contribution in [0.4, 0.5) is 5.82 Å². The summed E-state index contributed by atoms with van der Waals surface area (Å²) in [4.78, 5) is 34.4. The summed E-state index contributed by atoms with van der Waals surface area (Å²) in [6, 6.07) is 3.94. The van der Waals surface area contributed by atoms with Crippen LogP contribution in [-0.4, -0.2) is 75.5 Å². The predicted octanol–water partition coefficient (Wildman–Crippen LogP) is 0.636. The van der Waals surface area contributed by atoms with E-state index >= 15 is 0 Å². The largest absolute Gasteiger partial charge is 0.352 e. The maximum Gasteiger partial charge on any atom is 0.225 e. The van der Waals surface area contributed by atoms with E-state index in [1.54, 1.807) is 17.6 Å². The van der Waals surface area contributed by atoms with Crippen molar-refractivity contribution >= 4 is 23.3 Å². The summed E-state index contributed by atoms with van der Waals surface area (Å²) in [5, 5.41) is 4.58. The lowest BCUT2D eigenvalue weighted by Crippen LogP contribution is -2.52. The number of nitrogens with zero attached hydrogens (tertiary/aromatic N) is 6. The molecule has 0 N–H and O–H groups in total. The van der Waals surface area contributed by atoms with E-state index < -0.39 is 0 Å². The van der Waals surface area contributed by atoms with Gasteiger partial charge in [0.15, 0.2) is 5.65 Å². The summed E-state index contributed by atoms with van der Waals surface area (Å²) in [6.45, 7) is 5.99. The number of hydrogen-bond donors (Lipinski definition) is 0. The second-order valence-electron chi connectivity index (χ2n) is 7.01. The number of rotatable bonds is 2. The average molecular weight is 356 g/mol. The highest BCUT2D eigenvalue weighted by molar-refractivity contribution is 5.80. The van der Waals surface area contributed by atoms with Crippen LogP contribution < -0.4 is 4.90 Å². The minimum atomic E-state index is 0.0533. The first-order valence-electron chi connectivity index (χ1n) is 9.21. The molecule has 2 aromatic heterocycles. The van der Waals surface area contributed by atoms with Crippen molar-refractivity contribution in [2.24, 2.45) is 5.92 Å². The predicted molar refractivity (Wildman–Crippen MR) is 96.8 cm³/mol. The molecule has 138 valence electrons. The lowest BCUT2D eigenvalue weighted by molar-refractivity contribution is -0.140. The van der Waals surface area contributed by atoms with Gasteiger partial charge in [-0.15, -0.1) is 5.10 Å². The van der Waals surface area contributed by atoms with Crippen molar-refractivity contribution in [3.63, 3.8) is 0 Å². The second-order valence-corrected chi connectivity index (χ2v) is 7.01. The Morgan fingerprint density at radius 2 is 1.73 bits per heavy atom. The summed E-state index contributed by atoms with van der Waals surface area (Å²) < 4.78 is 1.77. The normalized spacial score (nSPS) is 19.2. The van der Waals surface area contributed by atoms with E-state index in [-0.39, 0.29) is 17.7 Å². The van der Waals surface area contributed by atoms with Crippen LogP contribution in [0.2, 0.25) is 0 Å². The summed E-state index contributed by atoms with van der Waals surface area (Å²) >= 11 is 0. The van der Waals surface area contributed by atoms with Crippen molar-refractivity contribution in [1.82, 2.24) is 24.4 Å². The van der Waals surface area contributed by atoms with Gasteiger partial charge < -0.3 is 14.7 Å². The van der Waals surface area contributed by atoms with Crippen LogP contribution in [0, 0.1) is 5.92 Å². The number of imidazole rings is 1. The Morgan fingerprint density at radius 3 is 2.42 bits per heavy atom. The highest BCUT2D eigenvalue weighted by Crippen LogP contribution is 2.21. The first-order valence-corrected chi connectivity index (χ1v) is 9.21. The van der Waals surface area contributed by atoms with Crippen LogP contribution in [0.15, 0.2) is 24.5 Å². The second kappa shape index (κ2) is 6.93. The fourth-order valence-electron chi connectivity index (χ4n) is 3.83. The van der Waals surface area contributed by atoms with Crippen LogP contribution in [0.25, 0.3) is 5.65 Å². The highest BCUT2D eigenvalue weighted by Gasteiger charge is 2.31. The van der Waals surface area contributed by atoms with Gasteiger partial charge in [-0.25, -0.2) is 9.50 Å². The Morgan fingerprint density at radius 1 is 1.00 bits per heavy atom. The molecule has 0 unspecified atom stereocenters. The molecule has 0 saturated carbocycles. The smallest absolute Gasteiger partial charge is 0.225 e. The first kappa shape index (κ1) is 16.8. The molecule has 2 fully saturated rings. The molecule has 8 nitrogen and oxygen atoms in total. The summed E-state index contributed by atoms with van der Waals surface area (Å²) in [6.07, 6.45) is 5.13. The molecule has 4 heterocycles. The maximum absolute atomic E-state index is 12.8. The lowest BCUT2D eigenvalue weighted by atomic mass is 9.95. The zero-order valence-electron chi connectivity index (χ0n) is 15.0. The van der Waals surface area contributed by atoms with Crippen LogP contribution in [-0.2, 0) is 9.59 Å². The molecule has 0 radical (unpaired) electrons. The molecule has 2 aromatic rings. The number of carbonyl (C=O) groups is 2. The Bertz CT molecular complexity index is 803. The van der Waals surface area contributed by atoms with Crippen LogP contribution in [0.1, 0.15) is 19.8 Å². The summed E-state index contributed by atoms with van der Waals surface area (Å²) in [5.74, 6) is 1.31. The topological polar surface area (TPSA) is 74.1 Å². The molecule has 2 saturated heterocycles. The van der Waals surface area contributed by atoms with Gasteiger partial charge >= 0.3 is 0 Å². The van der Waals surface area contributed by atoms with Gasteiger partial charge in [-0.1, -0.05) is 0 Å². The van der Waals surface area contributed by atoms with E-state index in [0.717, 1.165) is 50.5 Å². The summed E-state index contributed by atoms with van der Waals surface area (Å²) in [5.41, 5.74) is 0.833. The molecular weight excluding hydrogens is 332 g/mol. The molecule has 0 atom stereocenters. The van der Waals surface area contributed by atoms with Crippen molar-refractivity contribution in [2.45, 2.75) is 19.8 Å². The van der Waals surface area contributed by atoms with Crippen molar-refractivity contribution in [3.8, 4) is 0 Å². The van der Waals surface area contributed by atoms with Gasteiger partial charge in [0.25, 0.3) is 0 Å². The zero-order valence-corrected chi connectivity index (χ0v) is 15.0. The molecule has 0 spiro atoms. The van der Waals surface area contributed by atoms with Crippen LogP contribution in [0.3, 0.4) is 0 Å². The minimum Gasteiger partial charge on any atom is -0.352 e. The molecule has 2 aliphatic heterocycles. The third-order valence-electron chi connectivity index (χ3n) is 5.45. The van der Waals surface area contributed by atoms with E-state index in [0.29, 0.717) is 13.1 Å². The van der Waals surface area contributed by atoms with E-state index in [2.05, 4.69) is 15.0 Å². The number of amides is 2. The van der Waals surface area contributed by atoms with Gasteiger partial charge in [-0.05, 0) is 25.0 Å². The number of fused-ring (bicyclic) bond motifs is 1. The number of likely N-dealkylation sites (tertiary alicyclic amines) is 1. The van der Waals surface area contributed by atoms with Gasteiger partial charge in [-0.2, -0.15) is 0 Å². The van der Waals surface area contributed by atoms with Gasteiger partial charge in [-0.3, -0.25) is 9.59 Å². The van der Waals surface area contributed by atoms with E-state index in [4.69, 9.17) is 0 Å². The molecule has 0 bridgehead atoms.